The van der Waals surface area contributed by atoms with Gasteiger partial charge in [0.1, 0.15) is 5.60 Å². The molecular formula is C25H49NO5Si. The molecule has 0 saturated heterocycles. The average Bonchev–Trinajstić information content (AvgIpc) is 2.57. The van der Waals surface area contributed by atoms with Gasteiger partial charge in [0.2, 0.25) is 0 Å². The topological polar surface area (TPSA) is 76.1 Å². The van der Waals surface area contributed by atoms with Gasteiger partial charge in [0.25, 0.3) is 0 Å². The lowest BCUT2D eigenvalue weighted by molar-refractivity contribution is -0.137. The molecule has 1 N–H and O–H groups in total. The summed E-state index contributed by atoms with van der Waals surface area (Å²) in [6.07, 6.45) is 8.19. The van der Waals surface area contributed by atoms with E-state index in [9.17, 15) is 9.59 Å². The van der Waals surface area contributed by atoms with Crippen molar-refractivity contribution >= 4 is 20.4 Å². The molecule has 0 bridgehead atoms. The van der Waals surface area contributed by atoms with Crippen molar-refractivity contribution in [2.24, 2.45) is 0 Å². The van der Waals surface area contributed by atoms with Gasteiger partial charge < -0.3 is 19.2 Å². The molecule has 0 heterocycles. The second-order valence-corrected chi connectivity index (χ2v) is 16.5. The van der Waals surface area contributed by atoms with Crippen molar-refractivity contribution in [3.63, 3.8) is 0 Å². The van der Waals surface area contributed by atoms with E-state index < -0.39 is 19.9 Å². The van der Waals surface area contributed by atoms with Crippen molar-refractivity contribution in [2.75, 3.05) is 13.2 Å². The third-order valence-corrected chi connectivity index (χ3v) is 10.6. The van der Waals surface area contributed by atoms with Gasteiger partial charge in [-0.2, -0.15) is 0 Å². The van der Waals surface area contributed by atoms with E-state index in [0.717, 1.165) is 25.7 Å². The molecular weight excluding hydrogens is 422 g/mol. The van der Waals surface area contributed by atoms with E-state index in [-0.39, 0.29) is 23.1 Å². The fraction of sp³-hybridized carbons (Fsp3) is 0.840. The van der Waals surface area contributed by atoms with Gasteiger partial charge in [-0.25, -0.2) is 4.79 Å². The highest BCUT2D eigenvalue weighted by atomic mass is 28.4. The van der Waals surface area contributed by atoms with Crippen molar-refractivity contribution in [1.29, 1.82) is 0 Å². The number of nitrogens with zero attached hydrogens (tertiary/aromatic N) is 1. The van der Waals surface area contributed by atoms with Gasteiger partial charge in [0.15, 0.2) is 8.32 Å². The lowest BCUT2D eigenvalue weighted by Gasteiger charge is -2.41. The van der Waals surface area contributed by atoms with Crippen LogP contribution < -0.4 is 0 Å². The smallest absolute Gasteiger partial charge is 0.410 e. The maximum Gasteiger partial charge on any atom is 0.410 e. The fourth-order valence-corrected chi connectivity index (χ4v) is 4.00. The van der Waals surface area contributed by atoms with E-state index in [0.29, 0.717) is 19.6 Å². The van der Waals surface area contributed by atoms with Crippen LogP contribution in [0.2, 0.25) is 18.1 Å². The van der Waals surface area contributed by atoms with Crippen LogP contribution in [0.15, 0.2) is 12.2 Å². The summed E-state index contributed by atoms with van der Waals surface area (Å²) in [5, 5.41) is 8.80. The number of carbonyl (C=O) groups is 2. The molecule has 0 aliphatic heterocycles. The first-order valence-corrected chi connectivity index (χ1v) is 14.8. The summed E-state index contributed by atoms with van der Waals surface area (Å²) in [7, 11) is -1.89. The number of amides is 1. The number of aliphatic carboxylic acids is 1. The molecule has 0 aliphatic rings. The van der Waals surface area contributed by atoms with Gasteiger partial charge >= 0.3 is 12.1 Å². The highest BCUT2D eigenvalue weighted by molar-refractivity contribution is 6.74. The predicted molar refractivity (Wildman–Crippen MR) is 135 cm³/mol. The number of carboxylic acids is 1. The second kappa shape index (κ2) is 12.8. The third-order valence-electron chi connectivity index (χ3n) is 6.02. The minimum absolute atomic E-state index is 0.121. The van der Waals surface area contributed by atoms with Crippen molar-refractivity contribution < 1.29 is 23.9 Å². The molecule has 0 atom stereocenters. The molecule has 0 aliphatic carbocycles. The highest BCUT2D eigenvalue weighted by Gasteiger charge is 2.38. The van der Waals surface area contributed by atoms with Crippen LogP contribution in [-0.2, 0) is 14.0 Å². The van der Waals surface area contributed by atoms with Gasteiger partial charge in [-0.3, -0.25) is 4.79 Å². The zero-order valence-corrected chi connectivity index (χ0v) is 23.3. The number of hydrogen-bond donors (Lipinski definition) is 1. The summed E-state index contributed by atoms with van der Waals surface area (Å²) in [4.78, 5) is 25.4. The maximum absolute atomic E-state index is 13.0. The summed E-state index contributed by atoms with van der Waals surface area (Å²) in [5.41, 5.74) is -0.916. The molecule has 6 nitrogen and oxygen atoms in total. The quantitative estimate of drug-likeness (QED) is 0.178. The Hall–Kier alpha value is -1.34. The van der Waals surface area contributed by atoms with Gasteiger partial charge in [-0.15, -0.1) is 0 Å². The lowest BCUT2D eigenvalue weighted by atomic mass is 9.95. The minimum Gasteiger partial charge on any atom is -0.481 e. The first-order chi connectivity index (χ1) is 14.4. The summed E-state index contributed by atoms with van der Waals surface area (Å²) in [6, 6.07) is 0. The van der Waals surface area contributed by atoms with Gasteiger partial charge in [-0.1, -0.05) is 32.9 Å². The molecule has 188 valence electrons. The van der Waals surface area contributed by atoms with Crippen molar-refractivity contribution in [1.82, 2.24) is 4.90 Å². The van der Waals surface area contributed by atoms with Gasteiger partial charge in [0.05, 0.1) is 6.61 Å². The zero-order valence-electron chi connectivity index (χ0n) is 22.3. The molecule has 0 spiro atoms. The van der Waals surface area contributed by atoms with Crippen LogP contribution in [0.3, 0.4) is 0 Å². The number of hydrogen-bond acceptors (Lipinski definition) is 4. The Bertz CT molecular complexity index is 615. The van der Waals surface area contributed by atoms with E-state index in [2.05, 4.69) is 59.9 Å². The Kier molecular flexibility index (Phi) is 12.2. The van der Waals surface area contributed by atoms with E-state index >= 15 is 0 Å². The Labute approximate surface area is 197 Å². The summed E-state index contributed by atoms with van der Waals surface area (Å²) in [5.74, 6) is -0.750. The predicted octanol–water partition coefficient (Wildman–Crippen LogP) is 7.01. The van der Waals surface area contributed by atoms with Crippen LogP contribution in [0.25, 0.3) is 0 Å². The normalized spacial score (nSPS) is 13.4. The number of ether oxygens (including phenoxy) is 1. The first-order valence-electron chi connectivity index (χ1n) is 11.9. The van der Waals surface area contributed by atoms with E-state index in [4.69, 9.17) is 14.3 Å². The van der Waals surface area contributed by atoms with Crippen LogP contribution in [-0.4, -0.2) is 54.7 Å². The first kappa shape index (κ1) is 30.7. The van der Waals surface area contributed by atoms with Crippen LogP contribution >= 0.6 is 0 Å². The number of carbonyl (C=O) groups excluding carboxylic acids is 1. The maximum atomic E-state index is 13.0. The van der Waals surface area contributed by atoms with Crippen LogP contribution in [0.1, 0.15) is 93.9 Å². The van der Waals surface area contributed by atoms with Crippen molar-refractivity contribution in [2.45, 2.75) is 123 Å². The van der Waals surface area contributed by atoms with Gasteiger partial charge in [0, 0.05) is 18.5 Å². The van der Waals surface area contributed by atoms with Crippen molar-refractivity contribution in [3.8, 4) is 0 Å². The number of unbranched alkanes of at least 4 members (excludes halogenated alkanes) is 2. The monoisotopic (exact) mass is 471 g/mol. The Morgan fingerprint density at radius 1 is 0.938 bits per heavy atom. The molecule has 0 radical (unpaired) electrons. The van der Waals surface area contributed by atoms with Gasteiger partial charge in [-0.05, 0) is 84.9 Å². The molecule has 7 heteroatoms. The van der Waals surface area contributed by atoms with E-state index in [1.807, 2.05) is 25.7 Å². The standard InChI is InChI=1S/C25H49NO5Si/c1-23(2,3)31-22(29)26(19-20-30-32(9,10)24(4,5)6)25(7,8)18-16-14-12-11-13-15-17-21(27)28/h11-12H,13-20H2,1-10H3,(H,27,28)/b12-11-. The third kappa shape index (κ3) is 12.6. The molecule has 1 amide bonds. The fourth-order valence-electron chi connectivity index (χ4n) is 2.96. The molecule has 0 unspecified atom stereocenters. The molecule has 0 fully saturated rings. The summed E-state index contributed by atoms with van der Waals surface area (Å²) in [6.45, 7) is 21.9. The Balaban J connectivity index is 4.97. The molecule has 32 heavy (non-hydrogen) atoms. The second-order valence-electron chi connectivity index (χ2n) is 11.7. The molecule has 0 aromatic carbocycles. The zero-order chi connectivity index (χ0) is 25.2. The van der Waals surface area contributed by atoms with Crippen LogP contribution in [0.5, 0.6) is 0 Å². The number of rotatable bonds is 13. The highest BCUT2D eigenvalue weighted by Crippen LogP contribution is 2.36. The molecule has 0 aromatic heterocycles. The molecule has 0 saturated carbocycles. The molecule has 0 rings (SSSR count). The number of allylic oxidation sites excluding steroid dienone is 2. The van der Waals surface area contributed by atoms with Crippen LogP contribution in [0.4, 0.5) is 4.79 Å². The van der Waals surface area contributed by atoms with Crippen molar-refractivity contribution in [3.05, 3.63) is 12.2 Å². The summed E-state index contributed by atoms with van der Waals surface area (Å²) < 4.78 is 12.0. The SMILES string of the molecule is CC(C)(C)OC(=O)N(CCO[Si](C)(C)C(C)(C)C)C(C)(C)CCC/C=C\CCCC(=O)O. The van der Waals surface area contributed by atoms with E-state index in [1.165, 1.54) is 0 Å². The number of carboxylic acid groups (broad SMARTS) is 1. The Morgan fingerprint density at radius 3 is 1.94 bits per heavy atom. The molecule has 0 aromatic rings. The van der Waals surface area contributed by atoms with Crippen LogP contribution in [0, 0.1) is 0 Å². The Morgan fingerprint density at radius 2 is 1.47 bits per heavy atom. The van der Waals surface area contributed by atoms with E-state index in [1.54, 1.807) is 0 Å². The summed E-state index contributed by atoms with van der Waals surface area (Å²) >= 11 is 0. The largest absolute Gasteiger partial charge is 0.481 e. The lowest BCUT2D eigenvalue weighted by Crippen LogP contribution is -2.52. The average molecular weight is 472 g/mol. The minimum atomic E-state index is -1.89.